The number of methoxy groups -OCH3 is 1. The standard InChI is InChI=1S/C14H18N4O2S/c1-3-18-12(16-17-14(18)21)8-9-15-13(19)10-4-6-11(20-2)7-5-10/h4-7H,3,8-9H2,1-2H3,(H,15,19)(H,17,21). The molecule has 6 nitrogen and oxygen atoms in total. The molecule has 2 aromatic rings. The maximum Gasteiger partial charge on any atom is 0.251 e. The van der Waals surface area contributed by atoms with Gasteiger partial charge in [0.15, 0.2) is 4.77 Å². The number of amides is 1. The number of hydrogen-bond acceptors (Lipinski definition) is 4. The van der Waals surface area contributed by atoms with Gasteiger partial charge in [0.1, 0.15) is 11.6 Å². The van der Waals surface area contributed by atoms with Crippen LogP contribution in [-0.4, -0.2) is 34.3 Å². The molecule has 0 bridgehead atoms. The molecular formula is C14H18N4O2S. The molecule has 0 aliphatic carbocycles. The topological polar surface area (TPSA) is 71.9 Å². The maximum atomic E-state index is 12.0. The van der Waals surface area contributed by atoms with Gasteiger partial charge in [0.25, 0.3) is 5.91 Å². The van der Waals surface area contributed by atoms with Gasteiger partial charge in [0, 0.05) is 25.1 Å². The first kappa shape index (κ1) is 15.2. The van der Waals surface area contributed by atoms with Crippen molar-refractivity contribution in [1.29, 1.82) is 0 Å². The molecule has 0 aliphatic heterocycles. The second kappa shape index (κ2) is 7.03. The third-order valence-electron chi connectivity index (χ3n) is 3.14. The van der Waals surface area contributed by atoms with Gasteiger partial charge in [-0.25, -0.2) is 0 Å². The van der Waals surface area contributed by atoms with Crippen LogP contribution >= 0.6 is 12.2 Å². The van der Waals surface area contributed by atoms with Crippen LogP contribution in [0.4, 0.5) is 0 Å². The Morgan fingerprint density at radius 3 is 2.76 bits per heavy atom. The Labute approximate surface area is 128 Å². The van der Waals surface area contributed by atoms with E-state index in [-0.39, 0.29) is 5.91 Å². The minimum atomic E-state index is -0.116. The van der Waals surface area contributed by atoms with Crippen molar-refractivity contribution in [2.75, 3.05) is 13.7 Å². The summed E-state index contributed by atoms with van der Waals surface area (Å²) >= 11 is 5.12. The van der Waals surface area contributed by atoms with Crippen molar-refractivity contribution < 1.29 is 9.53 Å². The van der Waals surface area contributed by atoms with Crippen LogP contribution in [0.1, 0.15) is 23.1 Å². The summed E-state index contributed by atoms with van der Waals surface area (Å²) in [4.78, 5) is 12.0. The first-order valence-electron chi connectivity index (χ1n) is 6.72. The average molecular weight is 306 g/mol. The number of rotatable bonds is 6. The molecule has 1 heterocycles. The number of benzene rings is 1. The van der Waals surface area contributed by atoms with Crippen LogP contribution in [0.2, 0.25) is 0 Å². The molecule has 0 spiro atoms. The highest BCUT2D eigenvalue weighted by molar-refractivity contribution is 7.71. The summed E-state index contributed by atoms with van der Waals surface area (Å²) in [5.74, 6) is 1.46. The van der Waals surface area contributed by atoms with Gasteiger partial charge in [-0.2, -0.15) is 5.10 Å². The number of aromatic amines is 1. The number of nitrogens with zero attached hydrogens (tertiary/aromatic N) is 2. The van der Waals surface area contributed by atoms with Gasteiger partial charge >= 0.3 is 0 Å². The molecule has 0 radical (unpaired) electrons. The number of carbonyl (C=O) groups excluding carboxylic acids is 1. The van der Waals surface area contributed by atoms with E-state index in [0.717, 1.165) is 18.1 Å². The Hall–Kier alpha value is -2.15. The van der Waals surface area contributed by atoms with E-state index in [4.69, 9.17) is 17.0 Å². The summed E-state index contributed by atoms with van der Waals surface area (Å²) in [6, 6.07) is 6.99. The highest BCUT2D eigenvalue weighted by Crippen LogP contribution is 2.11. The summed E-state index contributed by atoms with van der Waals surface area (Å²) < 4.78 is 7.58. The van der Waals surface area contributed by atoms with Crippen molar-refractivity contribution in [3.63, 3.8) is 0 Å². The highest BCUT2D eigenvalue weighted by Gasteiger charge is 2.07. The quantitative estimate of drug-likeness (QED) is 0.800. The lowest BCUT2D eigenvalue weighted by Gasteiger charge is -2.06. The van der Waals surface area contributed by atoms with Crippen LogP contribution in [-0.2, 0) is 13.0 Å². The van der Waals surface area contributed by atoms with Crippen molar-refractivity contribution in [3.05, 3.63) is 40.4 Å². The van der Waals surface area contributed by atoms with Gasteiger partial charge in [-0.15, -0.1) is 0 Å². The SMILES string of the molecule is CCn1c(CCNC(=O)c2ccc(OC)cc2)n[nH]c1=S. The molecule has 0 atom stereocenters. The van der Waals surface area contributed by atoms with E-state index in [9.17, 15) is 4.79 Å². The number of ether oxygens (including phenoxy) is 1. The molecule has 0 aliphatic rings. The van der Waals surface area contributed by atoms with E-state index in [1.807, 2.05) is 11.5 Å². The third-order valence-corrected chi connectivity index (χ3v) is 3.45. The van der Waals surface area contributed by atoms with Gasteiger partial charge in [-0.3, -0.25) is 9.89 Å². The zero-order valence-electron chi connectivity index (χ0n) is 12.0. The molecular weight excluding hydrogens is 288 g/mol. The van der Waals surface area contributed by atoms with E-state index < -0.39 is 0 Å². The minimum Gasteiger partial charge on any atom is -0.497 e. The molecule has 112 valence electrons. The van der Waals surface area contributed by atoms with E-state index in [1.165, 1.54) is 0 Å². The van der Waals surface area contributed by atoms with Gasteiger partial charge in [-0.1, -0.05) is 0 Å². The summed E-state index contributed by atoms with van der Waals surface area (Å²) in [6.45, 7) is 3.27. The van der Waals surface area contributed by atoms with Crippen LogP contribution in [0.5, 0.6) is 5.75 Å². The van der Waals surface area contributed by atoms with E-state index in [1.54, 1.807) is 31.4 Å². The highest BCUT2D eigenvalue weighted by atomic mass is 32.1. The van der Waals surface area contributed by atoms with Gasteiger partial charge in [0.05, 0.1) is 7.11 Å². The van der Waals surface area contributed by atoms with E-state index in [2.05, 4.69) is 15.5 Å². The number of carbonyl (C=O) groups is 1. The lowest BCUT2D eigenvalue weighted by molar-refractivity contribution is 0.0954. The van der Waals surface area contributed by atoms with Crippen LogP contribution in [0.25, 0.3) is 0 Å². The normalized spacial score (nSPS) is 10.4. The molecule has 0 fully saturated rings. The molecule has 2 rings (SSSR count). The zero-order valence-corrected chi connectivity index (χ0v) is 12.9. The van der Waals surface area contributed by atoms with Gasteiger partial charge in [-0.05, 0) is 43.4 Å². The maximum absolute atomic E-state index is 12.0. The summed E-state index contributed by atoms with van der Waals surface area (Å²) in [5.41, 5.74) is 0.602. The Balaban J connectivity index is 1.90. The van der Waals surface area contributed by atoms with Crippen molar-refractivity contribution in [1.82, 2.24) is 20.1 Å². The zero-order chi connectivity index (χ0) is 15.2. The third kappa shape index (κ3) is 3.69. The largest absolute Gasteiger partial charge is 0.497 e. The summed E-state index contributed by atoms with van der Waals surface area (Å²) in [5, 5.41) is 9.78. The van der Waals surface area contributed by atoms with Crippen LogP contribution < -0.4 is 10.1 Å². The molecule has 21 heavy (non-hydrogen) atoms. The Bertz CT molecular complexity index is 660. The number of nitrogens with one attached hydrogen (secondary N) is 2. The van der Waals surface area contributed by atoms with E-state index >= 15 is 0 Å². The lowest BCUT2D eigenvalue weighted by Crippen LogP contribution is -2.26. The molecule has 2 N–H and O–H groups in total. The predicted octanol–water partition coefficient (Wildman–Crippen LogP) is 1.94. The van der Waals surface area contributed by atoms with Crippen molar-refractivity contribution in [2.24, 2.45) is 0 Å². The Morgan fingerprint density at radius 1 is 1.43 bits per heavy atom. The predicted molar refractivity (Wildman–Crippen MR) is 82.1 cm³/mol. The molecule has 1 aromatic heterocycles. The van der Waals surface area contributed by atoms with Gasteiger partial charge in [0.2, 0.25) is 0 Å². The first-order chi connectivity index (χ1) is 10.2. The Morgan fingerprint density at radius 2 is 2.14 bits per heavy atom. The van der Waals surface area contributed by atoms with Crippen LogP contribution in [0, 0.1) is 4.77 Å². The molecule has 0 saturated heterocycles. The van der Waals surface area contributed by atoms with Gasteiger partial charge < -0.3 is 14.6 Å². The molecule has 7 heteroatoms. The fraction of sp³-hybridized carbons (Fsp3) is 0.357. The molecule has 1 aromatic carbocycles. The second-order valence-corrected chi connectivity index (χ2v) is 4.81. The fourth-order valence-electron chi connectivity index (χ4n) is 2.00. The van der Waals surface area contributed by atoms with Crippen LogP contribution in [0.15, 0.2) is 24.3 Å². The van der Waals surface area contributed by atoms with E-state index in [0.29, 0.717) is 23.3 Å². The molecule has 0 saturated carbocycles. The lowest BCUT2D eigenvalue weighted by atomic mass is 10.2. The minimum absolute atomic E-state index is 0.116. The van der Waals surface area contributed by atoms with Crippen molar-refractivity contribution >= 4 is 18.1 Å². The average Bonchev–Trinajstić information content (AvgIpc) is 2.87. The summed E-state index contributed by atoms with van der Waals surface area (Å²) in [7, 11) is 1.59. The van der Waals surface area contributed by atoms with Crippen molar-refractivity contribution in [2.45, 2.75) is 19.9 Å². The summed E-state index contributed by atoms with van der Waals surface area (Å²) in [6.07, 6.45) is 0.628. The molecule has 1 amide bonds. The second-order valence-electron chi connectivity index (χ2n) is 4.42. The molecule has 0 unspecified atom stereocenters. The van der Waals surface area contributed by atoms with Crippen molar-refractivity contribution in [3.8, 4) is 5.75 Å². The first-order valence-corrected chi connectivity index (χ1v) is 7.13. The number of H-pyrrole nitrogens is 1. The number of aromatic nitrogens is 3. The fourth-order valence-corrected chi connectivity index (χ4v) is 2.28. The monoisotopic (exact) mass is 306 g/mol. The smallest absolute Gasteiger partial charge is 0.251 e. The van der Waals surface area contributed by atoms with Crippen LogP contribution in [0.3, 0.4) is 0 Å². The number of hydrogen-bond donors (Lipinski definition) is 2. The Kier molecular flexibility index (Phi) is 5.10.